The van der Waals surface area contributed by atoms with Gasteiger partial charge in [-0.3, -0.25) is 9.80 Å². The van der Waals surface area contributed by atoms with Gasteiger partial charge in [-0.2, -0.15) is 0 Å². The van der Waals surface area contributed by atoms with Crippen LogP contribution in [0.5, 0.6) is 0 Å². The lowest BCUT2D eigenvalue weighted by molar-refractivity contribution is 0.0633. The lowest BCUT2D eigenvalue weighted by atomic mass is 10.1. The molecule has 1 unspecified atom stereocenters. The molecule has 2 fully saturated rings. The van der Waals surface area contributed by atoms with Crippen LogP contribution in [-0.4, -0.2) is 48.7 Å². The Labute approximate surface area is 116 Å². The van der Waals surface area contributed by atoms with Gasteiger partial charge in [-0.1, -0.05) is 36.8 Å². The van der Waals surface area contributed by atoms with E-state index >= 15 is 0 Å². The Morgan fingerprint density at radius 2 is 1.79 bits per heavy atom. The van der Waals surface area contributed by atoms with Crippen molar-refractivity contribution in [2.24, 2.45) is 0 Å². The van der Waals surface area contributed by atoms with E-state index in [1.807, 2.05) is 0 Å². The molecule has 2 aliphatic rings. The number of likely N-dealkylation sites (tertiary alicyclic amines) is 1. The Balaban J connectivity index is 1.55. The highest BCUT2D eigenvalue weighted by Crippen LogP contribution is 2.15. The van der Waals surface area contributed by atoms with Crippen molar-refractivity contribution in [3.63, 3.8) is 0 Å². The summed E-state index contributed by atoms with van der Waals surface area (Å²) >= 11 is 0. The maximum absolute atomic E-state index is 4.83. The average Bonchev–Trinajstić information content (AvgIpc) is 2.49. The Morgan fingerprint density at radius 3 is 2.58 bits per heavy atom. The van der Waals surface area contributed by atoms with Crippen molar-refractivity contribution in [3.8, 4) is 0 Å². The third-order valence-electron chi connectivity index (χ3n) is 4.24. The Morgan fingerprint density at radius 1 is 1.00 bits per heavy atom. The van der Waals surface area contributed by atoms with Crippen LogP contribution in [0.25, 0.3) is 0 Å². The molecular weight excluding hydrogens is 234 g/mol. The third-order valence-corrected chi connectivity index (χ3v) is 4.24. The van der Waals surface area contributed by atoms with Gasteiger partial charge in [-0.25, -0.2) is 5.32 Å². The fourth-order valence-electron chi connectivity index (χ4n) is 3.16. The predicted octanol–water partition coefficient (Wildman–Crippen LogP) is 1.92. The molecule has 1 aromatic rings. The zero-order chi connectivity index (χ0) is 12.9. The minimum atomic E-state index is 0.442. The maximum Gasteiger partial charge on any atom is 0.0890 e. The van der Waals surface area contributed by atoms with Crippen LogP contribution in [0.15, 0.2) is 30.3 Å². The SMILES string of the molecule is c1ccc(CN2CC[N]C(N3CCCCC3)C2)cc1. The Bertz CT molecular complexity index is 373. The minimum Gasteiger partial charge on any atom is -0.295 e. The fourth-order valence-corrected chi connectivity index (χ4v) is 3.16. The van der Waals surface area contributed by atoms with Crippen molar-refractivity contribution in [2.75, 3.05) is 32.7 Å². The van der Waals surface area contributed by atoms with Gasteiger partial charge >= 0.3 is 0 Å². The molecule has 2 saturated heterocycles. The van der Waals surface area contributed by atoms with Crippen LogP contribution in [0, 0.1) is 0 Å². The molecule has 0 amide bonds. The van der Waals surface area contributed by atoms with E-state index in [2.05, 4.69) is 40.1 Å². The first-order valence-electron chi connectivity index (χ1n) is 7.59. The Kier molecular flexibility index (Phi) is 4.49. The van der Waals surface area contributed by atoms with E-state index in [4.69, 9.17) is 5.32 Å². The number of hydrogen-bond donors (Lipinski definition) is 0. The summed E-state index contributed by atoms with van der Waals surface area (Å²) in [5, 5.41) is 4.83. The van der Waals surface area contributed by atoms with E-state index in [1.165, 1.54) is 37.9 Å². The molecule has 19 heavy (non-hydrogen) atoms. The van der Waals surface area contributed by atoms with Gasteiger partial charge in [-0.15, -0.1) is 0 Å². The largest absolute Gasteiger partial charge is 0.295 e. The summed E-state index contributed by atoms with van der Waals surface area (Å²) in [4.78, 5) is 5.14. The molecule has 0 aromatic heterocycles. The van der Waals surface area contributed by atoms with Crippen molar-refractivity contribution in [1.82, 2.24) is 15.1 Å². The zero-order valence-corrected chi connectivity index (χ0v) is 11.7. The fraction of sp³-hybridized carbons (Fsp3) is 0.625. The van der Waals surface area contributed by atoms with Gasteiger partial charge in [0.25, 0.3) is 0 Å². The van der Waals surface area contributed by atoms with Crippen molar-refractivity contribution in [3.05, 3.63) is 35.9 Å². The van der Waals surface area contributed by atoms with Crippen LogP contribution in [0.2, 0.25) is 0 Å². The van der Waals surface area contributed by atoms with Crippen molar-refractivity contribution < 1.29 is 0 Å². The molecular formula is C16H24N3. The normalized spacial score (nSPS) is 26.4. The lowest BCUT2D eigenvalue weighted by Gasteiger charge is -2.40. The van der Waals surface area contributed by atoms with Gasteiger partial charge in [0.05, 0.1) is 6.17 Å². The topological polar surface area (TPSA) is 20.6 Å². The van der Waals surface area contributed by atoms with Crippen LogP contribution in [0.4, 0.5) is 0 Å². The van der Waals surface area contributed by atoms with E-state index < -0.39 is 0 Å². The van der Waals surface area contributed by atoms with Gasteiger partial charge in [0, 0.05) is 26.2 Å². The molecule has 103 valence electrons. The molecule has 3 rings (SSSR count). The Hall–Kier alpha value is -0.900. The second kappa shape index (κ2) is 6.51. The minimum absolute atomic E-state index is 0.442. The first-order chi connectivity index (χ1) is 9.42. The average molecular weight is 258 g/mol. The highest BCUT2D eigenvalue weighted by atomic mass is 15.3. The number of hydrogen-bond acceptors (Lipinski definition) is 2. The molecule has 2 heterocycles. The number of rotatable bonds is 3. The summed E-state index contributed by atoms with van der Waals surface area (Å²) in [6.45, 7) is 6.77. The van der Waals surface area contributed by atoms with Crippen LogP contribution in [0.3, 0.4) is 0 Å². The molecule has 3 nitrogen and oxygen atoms in total. The zero-order valence-electron chi connectivity index (χ0n) is 11.7. The summed E-state index contributed by atoms with van der Waals surface area (Å²) < 4.78 is 0. The summed E-state index contributed by atoms with van der Waals surface area (Å²) in [6, 6.07) is 10.8. The van der Waals surface area contributed by atoms with Crippen molar-refractivity contribution in [1.29, 1.82) is 0 Å². The van der Waals surface area contributed by atoms with E-state index in [1.54, 1.807) is 0 Å². The molecule has 1 radical (unpaired) electrons. The van der Waals surface area contributed by atoms with Crippen LogP contribution in [-0.2, 0) is 6.54 Å². The lowest BCUT2D eigenvalue weighted by Crippen LogP contribution is -2.55. The van der Waals surface area contributed by atoms with E-state index in [0.717, 1.165) is 26.2 Å². The number of piperazine rings is 1. The molecule has 0 bridgehead atoms. The van der Waals surface area contributed by atoms with Crippen LogP contribution >= 0.6 is 0 Å². The summed E-state index contributed by atoms with van der Waals surface area (Å²) in [5.41, 5.74) is 1.42. The molecule has 0 saturated carbocycles. The summed E-state index contributed by atoms with van der Waals surface area (Å²) in [5.74, 6) is 0. The molecule has 2 aliphatic heterocycles. The molecule has 1 atom stereocenters. The van der Waals surface area contributed by atoms with Crippen molar-refractivity contribution in [2.45, 2.75) is 32.0 Å². The third kappa shape index (κ3) is 3.56. The number of nitrogens with zero attached hydrogens (tertiary/aromatic N) is 3. The quantitative estimate of drug-likeness (QED) is 0.825. The van der Waals surface area contributed by atoms with E-state index in [0.29, 0.717) is 6.17 Å². The molecule has 1 aromatic carbocycles. The summed E-state index contributed by atoms with van der Waals surface area (Å²) in [7, 11) is 0. The smallest absolute Gasteiger partial charge is 0.0890 e. The second-order valence-electron chi connectivity index (χ2n) is 5.70. The monoisotopic (exact) mass is 258 g/mol. The van der Waals surface area contributed by atoms with Gasteiger partial charge in [0.15, 0.2) is 0 Å². The van der Waals surface area contributed by atoms with Crippen molar-refractivity contribution >= 4 is 0 Å². The predicted molar refractivity (Wildman–Crippen MR) is 77.9 cm³/mol. The molecule has 0 aliphatic carbocycles. The van der Waals surface area contributed by atoms with Gasteiger partial charge in [0.2, 0.25) is 0 Å². The molecule has 0 spiro atoms. The van der Waals surface area contributed by atoms with E-state index in [-0.39, 0.29) is 0 Å². The number of piperidine rings is 1. The van der Waals surface area contributed by atoms with Gasteiger partial charge in [0.1, 0.15) is 0 Å². The maximum atomic E-state index is 4.83. The summed E-state index contributed by atoms with van der Waals surface area (Å²) in [6.07, 6.45) is 4.55. The highest BCUT2D eigenvalue weighted by molar-refractivity contribution is 5.14. The first kappa shape index (κ1) is 13.1. The highest BCUT2D eigenvalue weighted by Gasteiger charge is 2.26. The van der Waals surface area contributed by atoms with Gasteiger partial charge < -0.3 is 0 Å². The van der Waals surface area contributed by atoms with Crippen LogP contribution in [0.1, 0.15) is 24.8 Å². The molecule has 0 N–H and O–H groups in total. The van der Waals surface area contributed by atoms with Crippen LogP contribution < -0.4 is 5.32 Å². The molecule has 3 heteroatoms. The second-order valence-corrected chi connectivity index (χ2v) is 5.70. The standard InChI is InChI=1S/C16H24N3/c1-3-7-15(8-4-1)13-18-12-9-17-16(14-18)19-10-5-2-6-11-19/h1,3-4,7-8,16H,2,5-6,9-14H2. The number of benzene rings is 1. The van der Waals surface area contributed by atoms with E-state index in [9.17, 15) is 0 Å². The first-order valence-corrected chi connectivity index (χ1v) is 7.59. The van der Waals surface area contributed by atoms with Gasteiger partial charge in [-0.05, 0) is 31.5 Å².